The van der Waals surface area contributed by atoms with Crippen LogP contribution in [0.2, 0.25) is 0 Å². The zero-order valence-corrected chi connectivity index (χ0v) is 10.7. The van der Waals surface area contributed by atoms with Crippen LogP contribution in [0.3, 0.4) is 0 Å². The first-order valence-electron chi connectivity index (χ1n) is 5.86. The molecule has 0 spiro atoms. The number of rotatable bonds is 7. The summed E-state index contributed by atoms with van der Waals surface area (Å²) in [5.41, 5.74) is 0.772. The Balaban J connectivity index is 2.39. The van der Waals surface area contributed by atoms with E-state index in [9.17, 15) is 9.18 Å². The topological polar surface area (TPSA) is 47.6 Å². The number of ether oxygens (including phenoxy) is 2. The van der Waals surface area contributed by atoms with Gasteiger partial charge in [0.1, 0.15) is 11.6 Å². The van der Waals surface area contributed by atoms with E-state index in [1.54, 1.807) is 20.1 Å². The van der Waals surface area contributed by atoms with E-state index in [1.807, 2.05) is 0 Å². The van der Waals surface area contributed by atoms with Gasteiger partial charge < -0.3 is 14.8 Å². The highest BCUT2D eigenvalue weighted by Crippen LogP contribution is 2.19. The number of hydrogen-bond donors (Lipinski definition) is 1. The number of methoxy groups -OCH3 is 1. The van der Waals surface area contributed by atoms with Crippen LogP contribution in [-0.4, -0.2) is 32.8 Å². The molecule has 0 unspecified atom stereocenters. The molecule has 0 amide bonds. The lowest BCUT2D eigenvalue weighted by atomic mass is 10.1. The minimum atomic E-state index is -0.295. The largest absolute Gasteiger partial charge is 0.496 e. The SMILES string of the molecule is CCOC(=O)CNCCc1cc(F)ccc1OC. The molecule has 1 aromatic carbocycles. The predicted molar refractivity (Wildman–Crippen MR) is 66.2 cm³/mol. The van der Waals surface area contributed by atoms with Crippen molar-refractivity contribution in [2.75, 3.05) is 26.8 Å². The second-order valence-corrected chi connectivity index (χ2v) is 3.69. The molecule has 0 aromatic heterocycles. The van der Waals surface area contributed by atoms with Crippen LogP contribution < -0.4 is 10.1 Å². The van der Waals surface area contributed by atoms with Gasteiger partial charge in [-0.05, 0) is 43.7 Å². The molecule has 0 aliphatic carbocycles. The first-order chi connectivity index (χ1) is 8.67. The van der Waals surface area contributed by atoms with E-state index in [1.165, 1.54) is 12.1 Å². The van der Waals surface area contributed by atoms with Gasteiger partial charge in [0.25, 0.3) is 0 Å². The summed E-state index contributed by atoms with van der Waals surface area (Å²) in [6, 6.07) is 4.38. The highest BCUT2D eigenvalue weighted by molar-refractivity contribution is 5.71. The minimum Gasteiger partial charge on any atom is -0.496 e. The Kier molecular flexibility index (Phi) is 6.14. The van der Waals surface area contributed by atoms with E-state index in [0.29, 0.717) is 25.3 Å². The summed E-state index contributed by atoms with van der Waals surface area (Å²) in [5.74, 6) is 0.0641. The Labute approximate surface area is 106 Å². The van der Waals surface area contributed by atoms with Gasteiger partial charge in [0.2, 0.25) is 0 Å². The maximum absolute atomic E-state index is 13.1. The van der Waals surface area contributed by atoms with Crippen LogP contribution >= 0.6 is 0 Å². The predicted octanol–water partition coefficient (Wildman–Crippen LogP) is 1.53. The quantitative estimate of drug-likeness (QED) is 0.593. The van der Waals surface area contributed by atoms with Crippen LogP contribution in [0.25, 0.3) is 0 Å². The van der Waals surface area contributed by atoms with Crippen molar-refractivity contribution in [3.63, 3.8) is 0 Å². The van der Waals surface area contributed by atoms with Gasteiger partial charge in [-0.15, -0.1) is 0 Å². The standard InChI is InChI=1S/C13H18FNO3/c1-3-18-13(16)9-15-7-6-10-8-11(14)4-5-12(10)17-2/h4-5,8,15H,3,6-7,9H2,1-2H3. The van der Waals surface area contributed by atoms with E-state index in [4.69, 9.17) is 9.47 Å². The second kappa shape index (κ2) is 7.66. The van der Waals surface area contributed by atoms with E-state index in [2.05, 4.69) is 5.32 Å². The molecule has 0 aliphatic rings. The molecule has 0 saturated carbocycles. The lowest BCUT2D eigenvalue weighted by molar-refractivity contribution is -0.141. The second-order valence-electron chi connectivity index (χ2n) is 3.69. The monoisotopic (exact) mass is 255 g/mol. The number of esters is 1. The molecule has 0 heterocycles. The molecule has 1 rings (SSSR count). The van der Waals surface area contributed by atoms with E-state index < -0.39 is 0 Å². The maximum Gasteiger partial charge on any atom is 0.319 e. The summed E-state index contributed by atoms with van der Waals surface area (Å²) >= 11 is 0. The maximum atomic E-state index is 13.1. The van der Waals surface area contributed by atoms with Crippen molar-refractivity contribution in [2.45, 2.75) is 13.3 Å². The van der Waals surface area contributed by atoms with Crippen LogP contribution in [0.1, 0.15) is 12.5 Å². The first-order valence-corrected chi connectivity index (χ1v) is 5.86. The Hall–Kier alpha value is -1.62. The third kappa shape index (κ3) is 4.71. The van der Waals surface area contributed by atoms with E-state index in [0.717, 1.165) is 5.56 Å². The molecule has 0 bridgehead atoms. The minimum absolute atomic E-state index is 0.158. The molecule has 0 radical (unpaired) electrons. The van der Waals surface area contributed by atoms with Gasteiger partial charge in [-0.25, -0.2) is 4.39 Å². The van der Waals surface area contributed by atoms with Crippen LogP contribution in [0, 0.1) is 5.82 Å². The summed E-state index contributed by atoms with van der Waals surface area (Å²) in [7, 11) is 1.54. The van der Waals surface area contributed by atoms with Gasteiger partial charge >= 0.3 is 5.97 Å². The smallest absolute Gasteiger partial charge is 0.319 e. The Morgan fingerprint density at radius 2 is 2.22 bits per heavy atom. The lowest BCUT2D eigenvalue weighted by Crippen LogP contribution is -2.26. The van der Waals surface area contributed by atoms with Crippen LogP contribution in [0.15, 0.2) is 18.2 Å². The molecule has 1 aromatic rings. The van der Waals surface area contributed by atoms with Crippen molar-refractivity contribution in [3.8, 4) is 5.75 Å². The molecule has 0 fully saturated rings. The summed E-state index contributed by atoms with van der Waals surface area (Å²) in [4.78, 5) is 11.1. The first kappa shape index (κ1) is 14.4. The molecule has 0 aliphatic heterocycles. The zero-order chi connectivity index (χ0) is 13.4. The fourth-order valence-electron chi connectivity index (χ4n) is 1.57. The van der Waals surface area contributed by atoms with Gasteiger partial charge in [0.05, 0.1) is 20.3 Å². The average Bonchev–Trinajstić information content (AvgIpc) is 2.35. The number of carbonyl (C=O) groups is 1. The molecule has 100 valence electrons. The molecule has 18 heavy (non-hydrogen) atoms. The summed E-state index contributed by atoms with van der Waals surface area (Å²) in [6.07, 6.45) is 0.584. The van der Waals surface area contributed by atoms with Gasteiger partial charge in [-0.3, -0.25) is 4.79 Å². The zero-order valence-electron chi connectivity index (χ0n) is 10.7. The molecular weight excluding hydrogens is 237 g/mol. The van der Waals surface area contributed by atoms with E-state index >= 15 is 0 Å². The number of halogens is 1. The Bertz CT molecular complexity index is 396. The van der Waals surface area contributed by atoms with Crippen LogP contribution in [0.5, 0.6) is 5.75 Å². The lowest BCUT2D eigenvalue weighted by Gasteiger charge is -2.09. The highest BCUT2D eigenvalue weighted by Gasteiger charge is 2.05. The van der Waals surface area contributed by atoms with Gasteiger partial charge in [0, 0.05) is 0 Å². The van der Waals surface area contributed by atoms with Crippen molar-refractivity contribution < 1.29 is 18.7 Å². The number of nitrogens with one attached hydrogen (secondary N) is 1. The van der Waals surface area contributed by atoms with Crippen molar-refractivity contribution in [3.05, 3.63) is 29.6 Å². The third-order valence-electron chi connectivity index (χ3n) is 2.39. The highest BCUT2D eigenvalue weighted by atomic mass is 19.1. The fourth-order valence-corrected chi connectivity index (χ4v) is 1.57. The van der Waals surface area contributed by atoms with Crippen molar-refractivity contribution in [1.29, 1.82) is 0 Å². The van der Waals surface area contributed by atoms with Crippen LogP contribution in [-0.2, 0) is 16.0 Å². The average molecular weight is 255 g/mol. The number of benzene rings is 1. The van der Waals surface area contributed by atoms with Gasteiger partial charge in [-0.1, -0.05) is 0 Å². The Morgan fingerprint density at radius 3 is 2.89 bits per heavy atom. The number of hydrogen-bond acceptors (Lipinski definition) is 4. The molecule has 0 atom stereocenters. The van der Waals surface area contributed by atoms with Crippen molar-refractivity contribution >= 4 is 5.97 Å². The van der Waals surface area contributed by atoms with Crippen molar-refractivity contribution in [1.82, 2.24) is 5.32 Å². The fraction of sp³-hybridized carbons (Fsp3) is 0.462. The molecule has 5 heteroatoms. The Morgan fingerprint density at radius 1 is 1.44 bits per heavy atom. The molecule has 4 nitrogen and oxygen atoms in total. The number of carbonyl (C=O) groups excluding carboxylic acids is 1. The van der Waals surface area contributed by atoms with Crippen LogP contribution in [0.4, 0.5) is 4.39 Å². The van der Waals surface area contributed by atoms with Gasteiger partial charge in [0.15, 0.2) is 0 Å². The molecule has 0 saturated heterocycles. The summed E-state index contributed by atoms with van der Waals surface area (Å²) in [6.45, 7) is 2.85. The van der Waals surface area contributed by atoms with Crippen molar-refractivity contribution in [2.24, 2.45) is 0 Å². The summed E-state index contributed by atoms with van der Waals surface area (Å²) < 4.78 is 23.0. The molecule has 1 N–H and O–H groups in total. The third-order valence-corrected chi connectivity index (χ3v) is 2.39. The normalized spacial score (nSPS) is 10.2. The van der Waals surface area contributed by atoms with E-state index in [-0.39, 0.29) is 18.3 Å². The van der Waals surface area contributed by atoms with Gasteiger partial charge in [-0.2, -0.15) is 0 Å². The summed E-state index contributed by atoms with van der Waals surface area (Å²) in [5, 5.41) is 2.94. The molecular formula is C13H18FNO3.